The Kier molecular flexibility index (Phi) is 37.7. The van der Waals surface area contributed by atoms with Crippen LogP contribution in [0, 0.1) is 0 Å². The molecule has 0 spiro atoms. The van der Waals surface area contributed by atoms with Gasteiger partial charge in [0.1, 0.15) is 6.04 Å². The minimum atomic E-state index is -0.851. The fourth-order valence-electron chi connectivity index (χ4n) is 7.83. The maximum Gasteiger partial charge on any atom is 0.244 e. The Balaban J connectivity index is 2.43. The molecule has 1 aliphatic rings. The first-order valence-corrected chi connectivity index (χ1v) is 25.5. The molecule has 10 heteroatoms. The molecule has 1 saturated heterocycles. The molecule has 0 aromatic heterocycles. The summed E-state index contributed by atoms with van der Waals surface area (Å²) in [6.07, 6.45) is 46.3. The third-order valence-corrected chi connectivity index (χ3v) is 11.8. The van der Waals surface area contributed by atoms with Crippen LogP contribution in [0.5, 0.6) is 0 Å². The topological polar surface area (TPSA) is 148 Å². The Labute approximate surface area is 374 Å². The van der Waals surface area contributed by atoms with Crippen LogP contribution in [0.15, 0.2) is 29.3 Å². The van der Waals surface area contributed by atoms with Gasteiger partial charge in [-0.2, -0.15) is 0 Å². The smallest absolute Gasteiger partial charge is 0.244 e. The number of nitrogens with one attached hydrogen (secondary N) is 3. The summed E-state index contributed by atoms with van der Waals surface area (Å²) in [5.74, 6) is -0.430. The number of likely N-dealkylation sites (tertiary alicyclic amines) is 1. The lowest BCUT2D eigenvalue weighted by atomic mass is 10.1. The summed E-state index contributed by atoms with van der Waals surface area (Å²) in [4.78, 5) is 58.2. The third kappa shape index (κ3) is 34.2. The first kappa shape index (κ1) is 56.0. The molecule has 1 heterocycles. The standard InChI is InChI=1S/C51H94N6O4/c1-4-6-8-10-12-14-16-18-20-22-24-26-28-30-32-36-48(58)55-44-47(51(61)54-41-40-53-43-46-35-34-42-57(46)50(60)39-38-45(3)52)56-49(59)37-33-31-29-27-25-23-21-19-17-15-13-11-9-7-5-2/h18-21,43,45-47H,4-17,22-42,44,52H2,1-3H3,(H,54,61)(H,55,58)(H,56,59)/p+1/b20-18-,21-19-,53-43?. The average molecular weight is 856 g/mol. The number of carbonyl (C=O) groups is 4. The highest BCUT2D eigenvalue weighted by molar-refractivity contribution is 5.88. The molecule has 4 amide bonds. The summed E-state index contributed by atoms with van der Waals surface area (Å²) in [5, 5.41) is 8.72. The SMILES string of the molecule is CCCCCCCC/C=C\CCCCCCCC(=O)NCC(NC(=O)CCCCCCC/C=C\CCCCCCCC)C(=O)NCCN=CC1CCCN1C(=O)CCC(C)[NH3+]. The van der Waals surface area contributed by atoms with Gasteiger partial charge in [-0.1, -0.05) is 141 Å². The number of hydrogen-bond acceptors (Lipinski definition) is 5. The van der Waals surface area contributed by atoms with Crippen LogP contribution in [0.1, 0.15) is 226 Å². The molecule has 0 aromatic rings. The Hall–Kier alpha value is -3.01. The van der Waals surface area contributed by atoms with E-state index in [9.17, 15) is 19.2 Å². The van der Waals surface area contributed by atoms with Crippen LogP contribution < -0.4 is 21.7 Å². The Morgan fingerprint density at radius 1 is 0.639 bits per heavy atom. The van der Waals surface area contributed by atoms with Crippen molar-refractivity contribution in [1.82, 2.24) is 20.9 Å². The van der Waals surface area contributed by atoms with E-state index in [1.54, 1.807) is 0 Å². The molecule has 10 nitrogen and oxygen atoms in total. The first-order valence-electron chi connectivity index (χ1n) is 25.5. The van der Waals surface area contributed by atoms with E-state index in [-0.39, 0.29) is 42.3 Å². The van der Waals surface area contributed by atoms with Crippen molar-refractivity contribution in [2.75, 3.05) is 26.2 Å². The van der Waals surface area contributed by atoms with Gasteiger partial charge in [0.05, 0.1) is 18.6 Å². The molecule has 3 unspecified atom stereocenters. The molecule has 0 bridgehead atoms. The largest absolute Gasteiger partial charge is 0.355 e. The van der Waals surface area contributed by atoms with Crippen LogP contribution in [-0.2, 0) is 19.2 Å². The number of aliphatic imine (C=N–C) groups is 1. The molecule has 0 radical (unpaired) electrons. The van der Waals surface area contributed by atoms with E-state index in [1.165, 1.54) is 109 Å². The molecule has 6 N–H and O–H groups in total. The van der Waals surface area contributed by atoms with E-state index < -0.39 is 6.04 Å². The number of allylic oxidation sites excluding steroid dienone is 4. The second-order valence-electron chi connectivity index (χ2n) is 17.9. The number of rotatable bonds is 41. The fraction of sp³-hybridized carbons (Fsp3) is 0.824. The highest BCUT2D eigenvalue weighted by Gasteiger charge is 2.27. The van der Waals surface area contributed by atoms with Crippen LogP contribution in [0.3, 0.4) is 0 Å². The van der Waals surface area contributed by atoms with Gasteiger partial charge in [0.15, 0.2) is 0 Å². The Morgan fingerprint density at radius 3 is 1.62 bits per heavy atom. The predicted molar refractivity (Wildman–Crippen MR) is 257 cm³/mol. The molecule has 0 aromatic carbocycles. The lowest BCUT2D eigenvalue weighted by Gasteiger charge is -2.22. The molecule has 1 aliphatic heterocycles. The van der Waals surface area contributed by atoms with Crippen molar-refractivity contribution in [3.05, 3.63) is 24.3 Å². The Bertz CT molecular complexity index is 1190. The van der Waals surface area contributed by atoms with Gasteiger partial charge in [0.2, 0.25) is 23.6 Å². The molecular formula is C51H95N6O4+. The minimum Gasteiger partial charge on any atom is -0.355 e. The monoisotopic (exact) mass is 856 g/mol. The van der Waals surface area contributed by atoms with Gasteiger partial charge in [-0.3, -0.25) is 24.2 Å². The van der Waals surface area contributed by atoms with Gasteiger partial charge in [-0.25, -0.2) is 0 Å². The fourth-order valence-corrected chi connectivity index (χ4v) is 7.83. The molecule has 3 atom stereocenters. The zero-order valence-electron chi connectivity index (χ0n) is 39.8. The quantitative estimate of drug-likeness (QED) is 0.0275. The van der Waals surface area contributed by atoms with Gasteiger partial charge in [-0.05, 0) is 84.0 Å². The molecule has 352 valence electrons. The van der Waals surface area contributed by atoms with Crippen molar-refractivity contribution in [2.45, 2.75) is 244 Å². The maximum atomic E-state index is 13.3. The van der Waals surface area contributed by atoms with Crippen LogP contribution in [0.2, 0.25) is 0 Å². The summed E-state index contributed by atoms with van der Waals surface area (Å²) in [6.45, 7) is 8.02. The zero-order valence-corrected chi connectivity index (χ0v) is 39.8. The summed E-state index contributed by atoms with van der Waals surface area (Å²) in [6, 6.07) is -0.618. The van der Waals surface area contributed by atoms with Crippen LogP contribution in [0.4, 0.5) is 0 Å². The predicted octanol–water partition coefficient (Wildman–Crippen LogP) is 10.3. The van der Waals surface area contributed by atoms with Crippen LogP contribution >= 0.6 is 0 Å². The van der Waals surface area contributed by atoms with Crippen molar-refractivity contribution in [3.63, 3.8) is 0 Å². The molecule has 61 heavy (non-hydrogen) atoms. The van der Waals surface area contributed by atoms with Crippen molar-refractivity contribution < 1.29 is 24.9 Å². The van der Waals surface area contributed by atoms with Gasteiger partial charge in [0, 0.05) is 51.5 Å². The highest BCUT2D eigenvalue weighted by atomic mass is 16.2. The first-order chi connectivity index (χ1) is 29.8. The van der Waals surface area contributed by atoms with Gasteiger partial charge in [-0.15, -0.1) is 0 Å². The number of amides is 4. The number of hydrogen-bond donors (Lipinski definition) is 4. The second-order valence-corrected chi connectivity index (χ2v) is 17.9. The molecule has 1 rings (SSSR count). The summed E-state index contributed by atoms with van der Waals surface area (Å²) in [5.41, 5.74) is 3.99. The normalized spacial score (nSPS) is 15.3. The molecule has 0 saturated carbocycles. The summed E-state index contributed by atoms with van der Waals surface area (Å²) >= 11 is 0. The van der Waals surface area contributed by atoms with Gasteiger partial charge in [0.25, 0.3) is 0 Å². The van der Waals surface area contributed by atoms with E-state index in [1.807, 2.05) is 18.0 Å². The number of nitrogens with zero attached hydrogens (tertiary/aromatic N) is 2. The number of unbranched alkanes of at least 4 members (excludes halogenated alkanes) is 22. The van der Waals surface area contributed by atoms with E-state index >= 15 is 0 Å². The van der Waals surface area contributed by atoms with Crippen molar-refractivity contribution in [1.29, 1.82) is 0 Å². The third-order valence-electron chi connectivity index (χ3n) is 11.8. The van der Waals surface area contributed by atoms with Crippen molar-refractivity contribution >= 4 is 29.8 Å². The van der Waals surface area contributed by atoms with Crippen molar-refractivity contribution in [2.24, 2.45) is 4.99 Å². The number of carbonyl (C=O) groups excluding carboxylic acids is 4. The maximum absolute atomic E-state index is 13.3. The lowest BCUT2D eigenvalue weighted by Crippen LogP contribution is -2.59. The van der Waals surface area contributed by atoms with E-state index in [0.29, 0.717) is 32.4 Å². The summed E-state index contributed by atoms with van der Waals surface area (Å²) in [7, 11) is 0. The molecular weight excluding hydrogens is 761 g/mol. The van der Waals surface area contributed by atoms with Gasteiger partial charge < -0.3 is 26.6 Å². The van der Waals surface area contributed by atoms with Crippen LogP contribution in [-0.4, -0.2) is 79.0 Å². The summed E-state index contributed by atoms with van der Waals surface area (Å²) < 4.78 is 0. The van der Waals surface area contributed by atoms with Crippen molar-refractivity contribution in [3.8, 4) is 0 Å². The van der Waals surface area contributed by atoms with Gasteiger partial charge >= 0.3 is 0 Å². The highest BCUT2D eigenvalue weighted by Crippen LogP contribution is 2.18. The zero-order chi connectivity index (χ0) is 44.4. The van der Waals surface area contributed by atoms with Crippen LogP contribution in [0.25, 0.3) is 0 Å². The Morgan fingerprint density at radius 2 is 1.11 bits per heavy atom. The van der Waals surface area contributed by atoms with E-state index in [2.05, 4.69) is 64.8 Å². The molecule has 0 aliphatic carbocycles. The second kappa shape index (κ2) is 41.0. The average Bonchev–Trinajstić information content (AvgIpc) is 3.72. The molecule has 1 fully saturated rings. The lowest BCUT2D eigenvalue weighted by molar-refractivity contribution is -0.415. The minimum absolute atomic E-state index is 0.0104. The van der Waals surface area contributed by atoms with E-state index in [0.717, 1.165) is 83.6 Å². The number of quaternary nitrogens is 1. The van der Waals surface area contributed by atoms with E-state index in [4.69, 9.17) is 0 Å².